The van der Waals surface area contributed by atoms with Gasteiger partial charge in [0.2, 0.25) is 0 Å². The Balaban J connectivity index is 2.49. The number of carboxylic acids is 1. The summed E-state index contributed by atoms with van der Waals surface area (Å²) in [5.74, 6) is -1.32. The summed E-state index contributed by atoms with van der Waals surface area (Å²) in [7, 11) is 0. The Morgan fingerprint density at radius 3 is 2.75 bits per heavy atom. The minimum atomic E-state index is -4.52. The van der Waals surface area contributed by atoms with E-state index in [1.54, 1.807) is 13.0 Å². The van der Waals surface area contributed by atoms with Gasteiger partial charge < -0.3 is 10.0 Å². The standard InChI is InChI=1S/C11H11F3N4O2/c1-7-2-8-15-6-16-18(8)9(3-7)17(4-10(19)20)5-11(12,13)14/h2-3,6H,4-5H2,1H3,(H,19,20). The van der Waals surface area contributed by atoms with E-state index in [1.165, 1.54) is 16.9 Å². The van der Waals surface area contributed by atoms with E-state index in [1.807, 2.05) is 0 Å². The number of aromatic nitrogens is 3. The molecule has 2 rings (SSSR count). The molecule has 0 aliphatic heterocycles. The predicted molar refractivity (Wildman–Crippen MR) is 63.6 cm³/mol. The highest BCUT2D eigenvalue weighted by Gasteiger charge is 2.32. The first-order valence-electron chi connectivity index (χ1n) is 5.60. The Hall–Kier alpha value is -2.32. The van der Waals surface area contributed by atoms with Crippen molar-refractivity contribution in [2.75, 3.05) is 18.0 Å². The predicted octanol–water partition coefficient (Wildman–Crippen LogP) is 1.49. The molecule has 2 aromatic heterocycles. The second-order valence-electron chi connectivity index (χ2n) is 4.29. The fraction of sp³-hybridized carbons (Fsp3) is 0.364. The van der Waals surface area contributed by atoms with Crippen molar-refractivity contribution < 1.29 is 23.1 Å². The Kier molecular flexibility index (Phi) is 3.51. The second kappa shape index (κ2) is 4.99. The molecule has 0 amide bonds. The molecule has 0 saturated heterocycles. The van der Waals surface area contributed by atoms with Crippen molar-refractivity contribution in [3.63, 3.8) is 0 Å². The summed E-state index contributed by atoms with van der Waals surface area (Å²) in [6.45, 7) is -0.472. The van der Waals surface area contributed by atoms with E-state index in [-0.39, 0.29) is 5.82 Å². The Labute approximate surface area is 111 Å². The van der Waals surface area contributed by atoms with Gasteiger partial charge in [-0.15, -0.1) is 0 Å². The van der Waals surface area contributed by atoms with Gasteiger partial charge in [-0.25, -0.2) is 4.98 Å². The largest absolute Gasteiger partial charge is 0.480 e. The van der Waals surface area contributed by atoms with Gasteiger partial charge in [-0.05, 0) is 24.6 Å². The van der Waals surface area contributed by atoms with Crippen LogP contribution >= 0.6 is 0 Å². The molecule has 20 heavy (non-hydrogen) atoms. The highest BCUT2D eigenvalue weighted by atomic mass is 19.4. The number of aliphatic carboxylic acids is 1. The van der Waals surface area contributed by atoms with Gasteiger partial charge in [0.05, 0.1) is 0 Å². The van der Waals surface area contributed by atoms with Crippen molar-refractivity contribution >= 4 is 17.4 Å². The van der Waals surface area contributed by atoms with E-state index < -0.39 is 25.2 Å². The van der Waals surface area contributed by atoms with E-state index in [9.17, 15) is 18.0 Å². The number of alkyl halides is 3. The molecule has 0 spiro atoms. The van der Waals surface area contributed by atoms with Crippen molar-refractivity contribution in [3.05, 3.63) is 24.0 Å². The van der Waals surface area contributed by atoms with Crippen LogP contribution in [0.15, 0.2) is 18.5 Å². The number of fused-ring (bicyclic) bond motifs is 1. The fourth-order valence-electron chi connectivity index (χ4n) is 1.86. The molecule has 0 saturated carbocycles. The highest BCUT2D eigenvalue weighted by molar-refractivity contribution is 5.73. The molecule has 0 aromatic carbocycles. The van der Waals surface area contributed by atoms with Gasteiger partial charge in [-0.2, -0.15) is 22.8 Å². The molecule has 6 nitrogen and oxygen atoms in total. The van der Waals surface area contributed by atoms with Gasteiger partial charge >= 0.3 is 12.1 Å². The van der Waals surface area contributed by atoms with Crippen LogP contribution in [0.3, 0.4) is 0 Å². The van der Waals surface area contributed by atoms with Gasteiger partial charge in [0.1, 0.15) is 25.2 Å². The van der Waals surface area contributed by atoms with Crippen molar-refractivity contribution in [3.8, 4) is 0 Å². The monoisotopic (exact) mass is 288 g/mol. The number of pyridine rings is 1. The summed E-state index contributed by atoms with van der Waals surface area (Å²) in [4.78, 5) is 15.4. The number of anilines is 1. The van der Waals surface area contributed by atoms with Crippen LogP contribution in [0.1, 0.15) is 5.56 Å². The SMILES string of the molecule is Cc1cc(N(CC(=O)O)CC(F)(F)F)n2ncnc2c1. The van der Waals surface area contributed by atoms with Crippen LogP contribution in [-0.2, 0) is 4.79 Å². The lowest BCUT2D eigenvalue weighted by Crippen LogP contribution is -2.39. The van der Waals surface area contributed by atoms with Crippen LogP contribution in [0, 0.1) is 6.92 Å². The normalized spacial score (nSPS) is 11.8. The molecule has 1 N–H and O–H groups in total. The summed E-state index contributed by atoms with van der Waals surface area (Å²) in [5, 5.41) is 12.6. The van der Waals surface area contributed by atoms with E-state index in [0.29, 0.717) is 16.1 Å². The van der Waals surface area contributed by atoms with Crippen LogP contribution in [0.2, 0.25) is 0 Å². The Bertz CT molecular complexity index is 638. The highest BCUT2D eigenvalue weighted by Crippen LogP contribution is 2.23. The van der Waals surface area contributed by atoms with E-state index >= 15 is 0 Å². The van der Waals surface area contributed by atoms with Crippen molar-refractivity contribution in [2.45, 2.75) is 13.1 Å². The van der Waals surface area contributed by atoms with Gasteiger partial charge in [0.15, 0.2) is 5.65 Å². The van der Waals surface area contributed by atoms with Crippen molar-refractivity contribution in [2.24, 2.45) is 0 Å². The zero-order valence-electron chi connectivity index (χ0n) is 10.4. The third kappa shape index (κ3) is 3.16. The molecule has 0 bridgehead atoms. The molecule has 9 heteroatoms. The van der Waals surface area contributed by atoms with E-state index in [2.05, 4.69) is 10.1 Å². The molecule has 0 aliphatic carbocycles. The molecule has 0 fully saturated rings. The number of hydrogen-bond acceptors (Lipinski definition) is 4. The minimum Gasteiger partial charge on any atom is -0.480 e. The molecule has 2 heterocycles. The Morgan fingerprint density at radius 2 is 2.15 bits per heavy atom. The lowest BCUT2D eigenvalue weighted by Gasteiger charge is -2.24. The van der Waals surface area contributed by atoms with Gasteiger partial charge in [0, 0.05) is 0 Å². The van der Waals surface area contributed by atoms with Crippen LogP contribution in [0.4, 0.5) is 19.0 Å². The average molecular weight is 288 g/mol. The minimum absolute atomic E-state index is 0.0391. The smallest absolute Gasteiger partial charge is 0.405 e. The number of hydrogen-bond donors (Lipinski definition) is 1. The van der Waals surface area contributed by atoms with E-state index in [4.69, 9.17) is 5.11 Å². The summed E-state index contributed by atoms with van der Waals surface area (Å²) in [6.07, 6.45) is -3.32. The molecular formula is C11H11F3N4O2. The number of nitrogens with zero attached hydrogens (tertiary/aromatic N) is 4. The first-order valence-corrected chi connectivity index (χ1v) is 5.60. The first kappa shape index (κ1) is 14.1. The lowest BCUT2D eigenvalue weighted by atomic mass is 10.2. The second-order valence-corrected chi connectivity index (χ2v) is 4.29. The third-order valence-electron chi connectivity index (χ3n) is 2.52. The van der Waals surface area contributed by atoms with Gasteiger partial charge in [-0.3, -0.25) is 4.79 Å². The zero-order chi connectivity index (χ0) is 14.9. The number of carboxylic acid groups (broad SMARTS) is 1. The van der Waals surface area contributed by atoms with Crippen molar-refractivity contribution in [1.82, 2.24) is 14.6 Å². The topological polar surface area (TPSA) is 70.7 Å². The molecule has 0 atom stereocenters. The van der Waals surface area contributed by atoms with Crippen LogP contribution < -0.4 is 4.90 Å². The number of aryl methyl sites for hydroxylation is 1. The van der Waals surface area contributed by atoms with Crippen LogP contribution in [0.25, 0.3) is 5.65 Å². The summed E-state index contributed by atoms with van der Waals surface area (Å²) in [6, 6.07) is 3.08. The first-order chi connectivity index (χ1) is 9.26. The zero-order valence-corrected chi connectivity index (χ0v) is 10.4. The fourth-order valence-corrected chi connectivity index (χ4v) is 1.86. The molecule has 0 radical (unpaired) electrons. The molecule has 0 aliphatic rings. The maximum atomic E-state index is 12.6. The molecule has 0 unspecified atom stereocenters. The molecular weight excluding hydrogens is 277 g/mol. The van der Waals surface area contributed by atoms with Crippen LogP contribution in [0.5, 0.6) is 0 Å². The molecule has 108 valence electrons. The summed E-state index contributed by atoms with van der Waals surface area (Å²) < 4.78 is 38.9. The average Bonchev–Trinajstić information content (AvgIpc) is 2.72. The van der Waals surface area contributed by atoms with Crippen LogP contribution in [-0.4, -0.2) is 44.9 Å². The van der Waals surface area contributed by atoms with E-state index in [0.717, 1.165) is 0 Å². The number of halogens is 3. The van der Waals surface area contributed by atoms with Gasteiger partial charge in [0.25, 0.3) is 0 Å². The maximum absolute atomic E-state index is 12.6. The van der Waals surface area contributed by atoms with Crippen molar-refractivity contribution in [1.29, 1.82) is 0 Å². The summed E-state index contributed by atoms with van der Waals surface area (Å²) >= 11 is 0. The Morgan fingerprint density at radius 1 is 1.45 bits per heavy atom. The number of rotatable bonds is 4. The lowest BCUT2D eigenvalue weighted by molar-refractivity contribution is -0.136. The summed E-state index contributed by atoms with van der Waals surface area (Å²) in [5.41, 5.74) is 1.02. The quantitative estimate of drug-likeness (QED) is 0.923. The molecule has 2 aromatic rings. The third-order valence-corrected chi connectivity index (χ3v) is 2.52. The van der Waals surface area contributed by atoms with Gasteiger partial charge in [-0.1, -0.05) is 0 Å². The maximum Gasteiger partial charge on any atom is 0.405 e. The number of carbonyl (C=O) groups is 1.